The molecular weight excluding hydrogens is 264 g/mol. The average Bonchev–Trinajstić information content (AvgIpc) is 2.92. The van der Waals surface area contributed by atoms with Crippen LogP contribution in [-0.4, -0.2) is 27.0 Å². The van der Waals surface area contributed by atoms with E-state index in [1.54, 1.807) is 24.8 Å². The first-order valence-electron chi connectivity index (χ1n) is 6.11. The minimum atomic E-state index is -0.157. The molecule has 0 bridgehead atoms. The van der Waals surface area contributed by atoms with Crippen LogP contribution in [0.15, 0.2) is 37.2 Å². The van der Waals surface area contributed by atoms with E-state index >= 15 is 0 Å². The molecule has 0 aliphatic heterocycles. The third-order valence-electron chi connectivity index (χ3n) is 2.70. The van der Waals surface area contributed by atoms with Crippen molar-refractivity contribution in [3.63, 3.8) is 0 Å². The Balaban J connectivity index is 1.68. The molecule has 0 atom stereocenters. The first-order chi connectivity index (χ1) is 9.27. The van der Waals surface area contributed by atoms with Crippen molar-refractivity contribution in [3.05, 3.63) is 47.8 Å². The molecule has 0 unspecified atom stereocenters. The van der Waals surface area contributed by atoms with Crippen LogP contribution in [0.25, 0.3) is 0 Å². The van der Waals surface area contributed by atoms with E-state index in [4.69, 9.17) is 11.6 Å². The van der Waals surface area contributed by atoms with Gasteiger partial charge in [-0.2, -0.15) is 0 Å². The molecule has 1 amide bonds. The number of carbonyl (C=O) groups is 1. The van der Waals surface area contributed by atoms with E-state index in [1.165, 1.54) is 6.20 Å². The number of unbranched alkanes of at least 4 members (excludes halogenated alkanes) is 1. The Morgan fingerprint density at radius 1 is 1.32 bits per heavy atom. The van der Waals surface area contributed by atoms with Gasteiger partial charge in [-0.15, -0.1) is 0 Å². The lowest BCUT2D eigenvalue weighted by Crippen LogP contribution is -2.24. The maximum atomic E-state index is 11.8. The van der Waals surface area contributed by atoms with Crippen molar-refractivity contribution < 1.29 is 4.79 Å². The molecule has 2 aromatic heterocycles. The van der Waals surface area contributed by atoms with Crippen LogP contribution in [0.3, 0.4) is 0 Å². The molecular formula is C13H15ClN4O. The molecule has 0 saturated carbocycles. The second kappa shape index (κ2) is 6.89. The smallest absolute Gasteiger partial charge is 0.252 e. The molecule has 2 rings (SSSR count). The van der Waals surface area contributed by atoms with Gasteiger partial charge >= 0.3 is 0 Å². The zero-order valence-corrected chi connectivity index (χ0v) is 11.2. The van der Waals surface area contributed by atoms with Gasteiger partial charge < -0.3 is 9.88 Å². The van der Waals surface area contributed by atoms with Crippen molar-refractivity contribution in [1.82, 2.24) is 19.9 Å². The van der Waals surface area contributed by atoms with Gasteiger partial charge in [0.15, 0.2) is 0 Å². The summed E-state index contributed by atoms with van der Waals surface area (Å²) in [5.74, 6) is -0.157. The zero-order valence-electron chi connectivity index (χ0n) is 10.4. The predicted octanol–water partition coefficient (Wildman–Crippen LogP) is 2.14. The fourth-order valence-corrected chi connectivity index (χ4v) is 1.90. The number of aryl methyl sites for hydroxylation is 1. The Bertz CT molecular complexity index is 527. The van der Waals surface area contributed by atoms with Gasteiger partial charge in [0, 0.05) is 37.9 Å². The molecule has 0 aromatic carbocycles. The molecule has 0 aliphatic carbocycles. The van der Waals surface area contributed by atoms with Crippen LogP contribution in [-0.2, 0) is 6.54 Å². The van der Waals surface area contributed by atoms with Crippen molar-refractivity contribution in [2.45, 2.75) is 19.4 Å². The summed E-state index contributed by atoms with van der Waals surface area (Å²) in [4.78, 5) is 19.6. The molecule has 100 valence electrons. The Morgan fingerprint density at radius 3 is 2.95 bits per heavy atom. The number of imidazole rings is 1. The highest BCUT2D eigenvalue weighted by atomic mass is 35.5. The number of amides is 1. The Morgan fingerprint density at radius 2 is 2.21 bits per heavy atom. The van der Waals surface area contributed by atoms with Crippen LogP contribution in [0.4, 0.5) is 0 Å². The van der Waals surface area contributed by atoms with E-state index in [0.717, 1.165) is 19.4 Å². The van der Waals surface area contributed by atoms with Crippen LogP contribution >= 0.6 is 11.6 Å². The quantitative estimate of drug-likeness (QED) is 0.824. The number of pyridine rings is 1. The molecule has 2 heterocycles. The Hall–Kier alpha value is -1.88. The summed E-state index contributed by atoms with van der Waals surface area (Å²) in [6.45, 7) is 1.54. The standard InChI is InChI=1S/C13H15ClN4O/c14-12-9-15-5-3-11(12)13(19)17-4-1-2-7-18-8-6-16-10-18/h3,5-6,8-10H,1-2,4,7H2,(H,17,19). The van der Waals surface area contributed by atoms with Gasteiger partial charge in [-0.25, -0.2) is 4.98 Å². The second-order valence-corrected chi connectivity index (χ2v) is 4.53. The van der Waals surface area contributed by atoms with Gasteiger partial charge in [0.1, 0.15) is 0 Å². The summed E-state index contributed by atoms with van der Waals surface area (Å²) >= 11 is 5.89. The van der Waals surface area contributed by atoms with Crippen LogP contribution in [0.2, 0.25) is 5.02 Å². The van der Waals surface area contributed by atoms with Crippen molar-refractivity contribution in [2.75, 3.05) is 6.54 Å². The number of hydrogen-bond donors (Lipinski definition) is 1. The van der Waals surface area contributed by atoms with Gasteiger partial charge in [-0.05, 0) is 18.9 Å². The highest BCUT2D eigenvalue weighted by Gasteiger charge is 2.08. The third-order valence-corrected chi connectivity index (χ3v) is 3.01. The normalized spacial score (nSPS) is 10.4. The van der Waals surface area contributed by atoms with Crippen molar-refractivity contribution in [3.8, 4) is 0 Å². The van der Waals surface area contributed by atoms with Gasteiger partial charge in [-0.3, -0.25) is 9.78 Å². The lowest BCUT2D eigenvalue weighted by atomic mass is 10.2. The van der Waals surface area contributed by atoms with Gasteiger partial charge in [0.05, 0.1) is 16.9 Å². The van der Waals surface area contributed by atoms with Crippen LogP contribution < -0.4 is 5.32 Å². The predicted molar refractivity (Wildman–Crippen MR) is 73.0 cm³/mol. The minimum Gasteiger partial charge on any atom is -0.352 e. The number of nitrogens with one attached hydrogen (secondary N) is 1. The molecule has 0 fully saturated rings. The summed E-state index contributed by atoms with van der Waals surface area (Å²) in [6, 6.07) is 1.61. The topological polar surface area (TPSA) is 59.8 Å². The SMILES string of the molecule is O=C(NCCCCn1ccnc1)c1ccncc1Cl. The zero-order chi connectivity index (χ0) is 13.5. The van der Waals surface area contributed by atoms with Crippen molar-refractivity contribution in [1.29, 1.82) is 0 Å². The Labute approximate surface area is 116 Å². The lowest BCUT2D eigenvalue weighted by molar-refractivity contribution is 0.0953. The molecule has 19 heavy (non-hydrogen) atoms. The molecule has 0 aliphatic rings. The second-order valence-electron chi connectivity index (χ2n) is 4.12. The van der Waals surface area contributed by atoms with Crippen molar-refractivity contribution in [2.24, 2.45) is 0 Å². The first kappa shape index (κ1) is 13.5. The summed E-state index contributed by atoms with van der Waals surface area (Å²) in [5, 5.41) is 3.22. The van der Waals surface area contributed by atoms with E-state index in [-0.39, 0.29) is 5.91 Å². The van der Waals surface area contributed by atoms with Crippen molar-refractivity contribution >= 4 is 17.5 Å². The molecule has 6 heteroatoms. The number of carbonyl (C=O) groups excluding carboxylic acids is 1. The molecule has 5 nitrogen and oxygen atoms in total. The molecule has 1 N–H and O–H groups in total. The monoisotopic (exact) mass is 278 g/mol. The third kappa shape index (κ3) is 4.06. The fraction of sp³-hybridized carbons (Fsp3) is 0.308. The summed E-state index contributed by atoms with van der Waals surface area (Å²) < 4.78 is 2.02. The molecule has 0 saturated heterocycles. The highest BCUT2D eigenvalue weighted by molar-refractivity contribution is 6.33. The molecule has 2 aromatic rings. The molecule has 0 spiro atoms. The van der Waals surface area contributed by atoms with E-state index < -0.39 is 0 Å². The summed E-state index contributed by atoms with van der Waals surface area (Å²) in [5.41, 5.74) is 0.464. The lowest BCUT2D eigenvalue weighted by Gasteiger charge is -2.06. The maximum absolute atomic E-state index is 11.8. The van der Waals surface area contributed by atoms with E-state index in [2.05, 4.69) is 15.3 Å². The number of hydrogen-bond acceptors (Lipinski definition) is 3. The highest BCUT2D eigenvalue weighted by Crippen LogP contribution is 2.12. The van der Waals surface area contributed by atoms with Gasteiger partial charge in [0.25, 0.3) is 5.91 Å². The van der Waals surface area contributed by atoms with Gasteiger partial charge in [-0.1, -0.05) is 11.6 Å². The minimum absolute atomic E-state index is 0.157. The fourth-order valence-electron chi connectivity index (χ4n) is 1.69. The van der Waals surface area contributed by atoms with E-state index in [9.17, 15) is 4.79 Å². The number of aromatic nitrogens is 3. The van der Waals surface area contributed by atoms with Crippen LogP contribution in [0.5, 0.6) is 0 Å². The number of rotatable bonds is 6. The number of halogens is 1. The first-order valence-corrected chi connectivity index (χ1v) is 6.48. The summed E-state index contributed by atoms with van der Waals surface area (Å²) in [6.07, 6.45) is 10.4. The average molecular weight is 279 g/mol. The largest absolute Gasteiger partial charge is 0.352 e. The summed E-state index contributed by atoms with van der Waals surface area (Å²) in [7, 11) is 0. The van der Waals surface area contributed by atoms with E-state index in [0.29, 0.717) is 17.1 Å². The number of nitrogens with zero attached hydrogens (tertiary/aromatic N) is 3. The Kier molecular flexibility index (Phi) is 4.92. The van der Waals surface area contributed by atoms with E-state index in [1.807, 2.05) is 10.8 Å². The van der Waals surface area contributed by atoms with Gasteiger partial charge in [0.2, 0.25) is 0 Å². The maximum Gasteiger partial charge on any atom is 0.252 e. The van der Waals surface area contributed by atoms with Crippen LogP contribution in [0, 0.1) is 0 Å². The van der Waals surface area contributed by atoms with Crippen LogP contribution in [0.1, 0.15) is 23.2 Å². The molecule has 0 radical (unpaired) electrons.